The normalized spacial score (nSPS) is 41.9. The molecule has 2 rings (SSSR count). The second kappa shape index (κ2) is 6.37. The molecule has 0 nitrogen and oxygen atoms in total. The Hall–Kier alpha value is 1.59. The van der Waals surface area contributed by atoms with Crippen molar-refractivity contribution in [2.24, 2.45) is 0 Å². The minimum absolute atomic E-state index is 1.00. The van der Waals surface area contributed by atoms with Crippen molar-refractivity contribution in [2.75, 3.05) is 12.8 Å². The van der Waals surface area contributed by atoms with Crippen LogP contribution in [0.2, 0.25) is 0 Å². The number of rotatable bonds is 4. The molecule has 0 aromatic heterocycles. The number of halogens is 1. The van der Waals surface area contributed by atoms with Crippen LogP contribution in [0.1, 0.15) is 66.2 Å². The van der Waals surface area contributed by atoms with E-state index >= 15 is 0 Å². The van der Waals surface area contributed by atoms with Crippen molar-refractivity contribution in [3.8, 4) is 0 Å². The van der Waals surface area contributed by atoms with Crippen LogP contribution in [-0.2, 0) is 0 Å². The summed E-state index contributed by atoms with van der Waals surface area (Å²) in [5.41, 5.74) is 3.35. The van der Waals surface area contributed by atoms with Gasteiger partial charge in [0.05, 0.1) is 0 Å². The SMILES string of the molecule is CC[C@@H]1CCC[PH]1(C)C(C)[PH]1(I)[C@H](CC)CC[C@H]1C. The summed E-state index contributed by atoms with van der Waals surface area (Å²) >= 11 is 3.08. The summed E-state index contributed by atoms with van der Waals surface area (Å²) in [6.07, 6.45) is 10.8. The molecule has 1 unspecified atom stereocenters. The van der Waals surface area contributed by atoms with Gasteiger partial charge in [0.1, 0.15) is 0 Å². The Morgan fingerprint density at radius 2 is 1.74 bits per heavy atom. The van der Waals surface area contributed by atoms with Crippen molar-refractivity contribution in [2.45, 2.75) is 88.6 Å². The maximum absolute atomic E-state index is 3.08. The zero-order valence-corrected chi connectivity index (χ0v) is 17.8. The van der Waals surface area contributed by atoms with Crippen molar-refractivity contribution in [1.29, 1.82) is 0 Å². The quantitative estimate of drug-likeness (QED) is 0.370. The fourth-order valence-corrected chi connectivity index (χ4v) is 30.5. The van der Waals surface area contributed by atoms with Gasteiger partial charge in [-0.15, -0.1) is 0 Å². The summed E-state index contributed by atoms with van der Waals surface area (Å²) in [5, 5.41) is 1.15. The molecule has 116 valence electrons. The maximum atomic E-state index is 3.08. The molecular formula is C16H35IP2. The number of hydrogen-bond acceptors (Lipinski definition) is 0. The molecule has 2 fully saturated rings. The van der Waals surface area contributed by atoms with E-state index in [1.165, 1.54) is 12.8 Å². The van der Waals surface area contributed by atoms with E-state index in [2.05, 4.69) is 56.4 Å². The van der Waals surface area contributed by atoms with E-state index in [-0.39, 0.29) is 0 Å². The Morgan fingerprint density at radius 3 is 2.32 bits per heavy atom. The summed E-state index contributed by atoms with van der Waals surface area (Å²) < 4.78 is 0. The van der Waals surface area contributed by atoms with Crippen LogP contribution in [0.3, 0.4) is 0 Å². The van der Waals surface area contributed by atoms with E-state index in [0.717, 1.165) is 22.4 Å². The van der Waals surface area contributed by atoms with Gasteiger partial charge in [-0.05, 0) is 0 Å². The summed E-state index contributed by atoms with van der Waals surface area (Å²) in [4.78, 5) is -1.09. The fourth-order valence-electron chi connectivity index (χ4n) is 5.60. The first-order valence-corrected chi connectivity index (χ1v) is 16.8. The van der Waals surface area contributed by atoms with Gasteiger partial charge in [-0.2, -0.15) is 0 Å². The molecule has 0 spiro atoms. The monoisotopic (exact) mass is 416 g/mol. The molecule has 19 heavy (non-hydrogen) atoms. The average molecular weight is 416 g/mol. The van der Waals surface area contributed by atoms with Crippen LogP contribution < -0.4 is 0 Å². The Balaban J connectivity index is 2.28. The Kier molecular flexibility index (Phi) is 5.69. The standard InChI is InChI=1S/C16H35IP2/c1-6-15-9-8-12-18(15,5)14(4)19(17)13(3)10-11-16(19)7-2/h13-16,18-19H,6-12H2,1-5H3/t13-,14?,15-,16-/m1/s1. The molecule has 4 atom stereocenters. The van der Waals surface area contributed by atoms with Crippen LogP contribution in [-0.4, -0.2) is 35.2 Å². The van der Waals surface area contributed by atoms with Crippen molar-refractivity contribution < 1.29 is 0 Å². The molecule has 2 heterocycles. The van der Waals surface area contributed by atoms with Crippen LogP contribution in [0, 0.1) is 0 Å². The molecule has 0 amide bonds. The third kappa shape index (κ3) is 2.68. The Bertz CT molecular complexity index is 322. The number of hydrogen-bond donors (Lipinski definition) is 0. The van der Waals surface area contributed by atoms with Gasteiger partial charge in [0, 0.05) is 0 Å². The molecular weight excluding hydrogens is 381 g/mol. The Morgan fingerprint density at radius 1 is 1.11 bits per heavy atom. The minimum atomic E-state index is -1.09. The molecule has 0 N–H and O–H groups in total. The first-order chi connectivity index (χ1) is 8.91. The topological polar surface area (TPSA) is 0 Å². The van der Waals surface area contributed by atoms with E-state index in [0.29, 0.717) is 0 Å². The predicted octanol–water partition coefficient (Wildman–Crippen LogP) is 6.35. The van der Waals surface area contributed by atoms with Crippen molar-refractivity contribution in [3.63, 3.8) is 0 Å². The first-order valence-electron chi connectivity index (χ1n) is 8.60. The average Bonchev–Trinajstić information content (AvgIpc) is 2.92. The molecule has 0 aliphatic carbocycles. The van der Waals surface area contributed by atoms with Gasteiger partial charge in [-0.25, -0.2) is 0 Å². The van der Waals surface area contributed by atoms with Crippen LogP contribution >= 0.6 is 34.2 Å². The van der Waals surface area contributed by atoms with Crippen LogP contribution in [0.15, 0.2) is 0 Å². The Labute approximate surface area is 135 Å². The molecule has 2 aliphatic heterocycles. The van der Waals surface area contributed by atoms with Crippen LogP contribution in [0.4, 0.5) is 0 Å². The summed E-state index contributed by atoms with van der Waals surface area (Å²) in [6, 6.07) is 0. The van der Waals surface area contributed by atoms with Gasteiger partial charge in [0.25, 0.3) is 0 Å². The fraction of sp³-hybridized carbons (Fsp3) is 1.00. The van der Waals surface area contributed by atoms with Gasteiger partial charge < -0.3 is 0 Å². The van der Waals surface area contributed by atoms with E-state index < -0.39 is 12.2 Å². The van der Waals surface area contributed by atoms with Gasteiger partial charge in [-0.3, -0.25) is 0 Å². The third-order valence-corrected chi connectivity index (χ3v) is 32.0. The van der Waals surface area contributed by atoms with E-state index in [1.54, 1.807) is 31.8 Å². The second-order valence-corrected chi connectivity index (χ2v) is 23.3. The first kappa shape index (κ1) is 17.0. The molecule has 2 saturated heterocycles. The van der Waals surface area contributed by atoms with Crippen molar-refractivity contribution in [1.82, 2.24) is 0 Å². The van der Waals surface area contributed by atoms with E-state index in [1.807, 2.05) is 0 Å². The molecule has 3 heteroatoms. The van der Waals surface area contributed by atoms with Crippen molar-refractivity contribution in [3.05, 3.63) is 0 Å². The molecule has 0 bridgehead atoms. The predicted molar refractivity (Wildman–Crippen MR) is 107 cm³/mol. The van der Waals surface area contributed by atoms with Gasteiger partial charge >= 0.3 is 136 Å². The molecule has 0 aromatic carbocycles. The van der Waals surface area contributed by atoms with Gasteiger partial charge in [0.2, 0.25) is 0 Å². The molecule has 0 radical (unpaired) electrons. The summed E-state index contributed by atoms with van der Waals surface area (Å²) in [6.45, 7) is 13.1. The van der Waals surface area contributed by atoms with Crippen LogP contribution in [0.25, 0.3) is 0 Å². The molecule has 0 aromatic rings. The summed E-state index contributed by atoms with van der Waals surface area (Å²) in [5.74, 6) is 0. The summed E-state index contributed by atoms with van der Waals surface area (Å²) in [7, 11) is -1.00. The van der Waals surface area contributed by atoms with E-state index in [9.17, 15) is 0 Å². The van der Waals surface area contributed by atoms with E-state index in [4.69, 9.17) is 0 Å². The molecule has 2 aliphatic rings. The zero-order chi connectivity index (χ0) is 14.3. The van der Waals surface area contributed by atoms with Crippen molar-refractivity contribution >= 4 is 34.2 Å². The zero-order valence-electron chi connectivity index (χ0n) is 13.6. The van der Waals surface area contributed by atoms with Gasteiger partial charge in [-0.1, -0.05) is 0 Å². The molecule has 0 saturated carbocycles. The third-order valence-electron chi connectivity index (χ3n) is 7.17. The van der Waals surface area contributed by atoms with Gasteiger partial charge in [0.15, 0.2) is 0 Å². The van der Waals surface area contributed by atoms with Crippen LogP contribution in [0.5, 0.6) is 0 Å². The second-order valence-electron chi connectivity index (χ2n) is 7.64.